The van der Waals surface area contributed by atoms with E-state index in [1.54, 1.807) is 6.07 Å². The summed E-state index contributed by atoms with van der Waals surface area (Å²) in [5.74, 6) is -1.54. The zero-order valence-corrected chi connectivity index (χ0v) is 21.6. The van der Waals surface area contributed by atoms with Crippen molar-refractivity contribution in [1.29, 1.82) is 0 Å². The highest BCUT2D eigenvalue weighted by Gasteiger charge is 2.44. The van der Waals surface area contributed by atoms with Crippen LogP contribution in [0.5, 0.6) is 0 Å². The highest BCUT2D eigenvalue weighted by atomic mass is 32.2. The average molecular weight is 539 g/mol. The molecule has 1 spiro atoms. The van der Waals surface area contributed by atoms with E-state index in [0.29, 0.717) is 24.2 Å². The maximum atomic E-state index is 13.3. The number of aliphatic hydroxyl groups is 1. The van der Waals surface area contributed by atoms with Gasteiger partial charge < -0.3 is 15.3 Å². The number of nitrogens with zero attached hydrogens (tertiary/aromatic N) is 2. The number of amides is 1. The van der Waals surface area contributed by atoms with Crippen LogP contribution in [0, 0.1) is 5.41 Å². The van der Waals surface area contributed by atoms with Crippen LogP contribution in [0.4, 0.5) is 17.1 Å². The number of anilines is 3. The van der Waals surface area contributed by atoms with Crippen molar-refractivity contribution in [2.45, 2.75) is 31.6 Å². The van der Waals surface area contributed by atoms with Gasteiger partial charge in [0.2, 0.25) is 10.0 Å². The Morgan fingerprint density at radius 2 is 1.78 bits per heavy atom. The summed E-state index contributed by atoms with van der Waals surface area (Å²) in [5, 5.41) is 11.6. The van der Waals surface area contributed by atoms with Crippen LogP contribution in [0.25, 0.3) is 0 Å². The van der Waals surface area contributed by atoms with E-state index in [1.165, 1.54) is 43.3 Å². The zero-order chi connectivity index (χ0) is 26.1. The maximum absolute atomic E-state index is 13.3. The number of piperidine rings is 1. The molecule has 2 heterocycles. The fourth-order valence-electron chi connectivity index (χ4n) is 4.47. The third-order valence-corrected chi connectivity index (χ3v) is 8.65. The largest absolute Gasteiger partial charge is 0.395 e. The van der Waals surface area contributed by atoms with Crippen LogP contribution < -0.4 is 20.5 Å². The first-order chi connectivity index (χ1) is 16.9. The molecule has 2 aliphatic rings. The van der Waals surface area contributed by atoms with Crippen molar-refractivity contribution >= 4 is 42.8 Å². The number of benzene rings is 1. The maximum Gasteiger partial charge on any atom is 0.275 e. The second-order valence-electron chi connectivity index (χ2n) is 9.57. The van der Waals surface area contributed by atoms with Crippen LogP contribution >= 0.6 is 0 Å². The summed E-state index contributed by atoms with van der Waals surface area (Å²) in [4.78, 5) is 28.1. The summed E-state index contributed by atoms with van der Waals surface area (Å²) in [6.07, 6.45) is 6.69. The van der Waals surface area contributed by atoms with Crippen molar-refractivity contribution < 1.29 is 26.7 Å². The predicted molar refractivity (Wildman–Crippen MR) is 138 cm³/mol. The number of pyridine rings is 1. The molecule has 1 saturated heterocycles. The smallest absolute Gasteiger partial charge is 0.275 e. The molecular weight excluding hydrogens is 508 g/mol. The molecule has 2 fully saturated rings. The Bertz CT molecular complexity index is 1420. The third kappa shape index (κ3) is 6.26. The number of nitrogens with one attached hydrogen (secondary N) is 2. The fraction of sp³-hybridized carbons (Fsp3) is 0.478. The van der Waals surface area contributed by atoms with Crippen LogP contribution in [0.3, 0.4) is 0 Å². The first-order valence-electron chi connectivity index (χ1n) is 11.6. The number of rotatable bonds is 9. The Kier molecular flexibility index (Phi) is 7.17. The molecule has 1 saturated carbocycles. The van der Waals surface area contributed by atoms with Gasteiger partial charge in [-0.05, 0) is 61.4 Å². The molecule has 0 radical (unpaired) electrons. The van der Waals surface area contributed by atoms with Crippen LogP contribution in [-0.4, -0.2) is 64.1 Å². The van der Waals surface area contributed by atoms with Crippen molar-refractivity contribution in [2.24, 2.45) is 5.41 Å². The number of hydrogen-bond acceptors (Lipinski definition) is 8. The van der Waals surface area contributed by atoms with E-state index in [0.717, 1.165) is 23.7 Å². The van der Waals surface area contributed by atoms with Crippen LogP contribution in [0.2, 0.25) is 0 Å². The molecule has 0 bridgehead atoms. The van der Waals surface area contributed by atoms with E-state index in [1.807, 2.05) is 4.90 Å². The first-order valence-corrected chi connectivity index (χ1v) is 15.3. The standard InChI is InChI=1S/C23H30N4O7S2/c1-35(31,32)16-27-10-2-3-19(22(27)30)24-21(29)18-5-4-17(25-36(33,34)14-13-28)15-20(18)26-11-8-23(6-7-23)9-12-26/h2-5,10,15,25,28H,6-9,11-14,16H2,1H3,(H,24,29). The van der Waals surface area contributed by atoms with E-state index < -0.39 is 49.6 Å². The minimum atomic E-state index is -3.76. The number of aliphatic hydroxyl groups excluding tert-OH is 1. The minimum absolute atomic E-state index is 0.0691. The monoisotopic (exact) mass is 538 g/mol. The lowest BCUT2D eigenvalue weighted by Gasteiger charge is -2.35. The molecule has 0 unspecified atom stereocenters. The third-order valence-electron chi connectivity index (χ3n) is 6.64. The first kappa shape index (κ1) is 26.2. The predicted octanol–water partition coefficient (Wildman–Crippen LogP) is 1.22. The highest BCUT2D eigenvalue weighted by molar-refractivity contribution is 7.92. The number of sulfonamides is 1. The van der Waals surface area contributed by atoms with E-state index >= 15 is 0 Å². The summed E-state index contributed by atoms with van der Waals surface area (Å²) >= 11 is 0. The number of sulfone groups is 1. The Morgan fingerprint density at radius 3 is 2.39 bits per heavy atom. The van der Waals surface area contributed by atoms with Gasteiger partial charge in [-0.1, -0.05) is 0 Å². The number of carbonyl (C=O) groups excluding carboxylic acids is 1. The fourth-order valence-corrected chi connectivity index (χ4v) is 6.01. The summed E-state index contributed by atoms with van der Waals surface area (Å²) < 4.78 is 51.0. The lowest BCUT2D eigenvalue weighted by molar-refractivity contribution is 0.102. The van der Waals surface area contributed by atoms with Crippen molar-refractivity contribution in [3.63, 3.8) is 0 Å². The molecule has 3 N–H and O–H groups in total. The second-order valence-corrected chi connectivity index (χ2v) is 13.5. The number of carbonyl (C=O) groups is 1. The highest BCUT2D eigenvalue weighted by Crippen LogP contribution is 2.54. The molecule has 0 atom stereocenters. The summed E-state index contributed by atoms with van der Waals surface area (Å²) in [6, 6.07) is 7.39. The van der Waals surface area contributed by atoms with Gasteiger partial charge in [-0.3, -0.25) is 18.9 Å². The van der Waals surface area contributed by atoms with Crippen LogP contribution in [0.1, 0.15) is 36.0 Å². The van der Waals surface area contributed by atoms with Gasteiger partial charge in [-0.2, -0.15) is 0 Å². The molecule has 196 valence electrons. The molecule has 4 rings (SSSR count). The average Bonchev–Trinajstić information content (AvgIpc) is 3.54. The molecule has 1 aliphatic heterocycles. The molecule has 36 heavy (non-hydrogen) atoms. The van der Waals surface area contributed by atoms with Crippen molar-refractivity contribution in [3.8, 4) is 0 Å². The second kappa shape index (κ2) is 9.87. The van der Waals surface area contributed by atoms with Gasteiger partial charge in [-0.25, -0.2) is 16.8 Å². The quantitative estimate of drug-likeness (QED) is 0.430. The molecule has 1 amide bonds. The topological polar surface area (TPSA) is 155 Å². The molecule has 1 aliphatic carbocycles. The number of aromatic nitrogens is 1. The zero-order valence-electron chi connectivity index (χ0n) is 19.9. The van der Waals surface area contributed by atoms with Gasteiger partial charge in [0.15, 0.2) is 9.84 Å². The molecular formula is C23H30N4O7S2. The summed E-state index contributed by atoms with van der Waals surface area (Å²) in [5.41, 5.74) is 0.704. The van der Waals surface area contributed by atoms with Crippen molar-refractivity contribution in [3.05, 3.63) is 52.4 Å². The van der Waals surface area contributed by atoms with Gasteiger partial charge >= 0.3 is 0 Å². The minimum Gasteiger partial charge on any atom is -0.395 e. The Balaban J connectivity index is 1.64. The van der Waals surface area contributed by atoms with Crippen molar-refractivity contribution in [1.82, 2.24) is 4.57 Å². The van der Waals surface area contributed by atoms with E-state index in [2.05, 4.69) is 10.0 Å². The van der Waals surface area contributed by atoms with Gasteiger partial charge in [-0.15, -0.1) is 0 Å². The van der Waals surface area contributed by atoms with Crippen LogP contribution in [-0.2, 0) is 25.7 Å². The van der Waals surface area contributed by atoms with Gasteiger partial charge in [0.05, 0.1) is 29.3 Å². The van der Waals surface area contributed by atoms with Crippen molar-refractivity contribution in [2.75, 3.05) is 46.6 Å². The molecule has 13 heteroatoms. The summed E-state index contributed by atoms with van der Waals surface area (Å²) in [7, 11) is -7.24. The lowest BCUT2D eigenvalue weighted by atomic mass is 9.93. The molecule has 1 aromatic heterocycles. The Labute approximate surface area is 210 Å². The molecule has 11 nitrogen and oxygen atoms in total. The SMILES string of the molecule is CS(=O)(=O)Cn1cccc(NC(=O)c2ccc(NS(=O)(=O)CCO)cc2N2CCC3(CC2)CC3)c1=O. The Morgan fingerprint density at radius 1 is 1.08 bits per heavy atom. The van der Waals surface area contributed by atoms with Gasteiger partial charge in [0.25, 0.3) is 11.5 Å². The number of hydrogen-bond donors (Lipinski definition) is 3. The molecule has 1 aromatic carbocycles. The summed E-state index contributed by atoms with van der Waals surface area (Å²) in [6.45, 7) is 0.893. The van der Waals surface area contributed by atoms with E-state index in [4.69, 9.17) is 5.11 Å². The van der Waals surface area contributed by atoms with Gasteiger partial charge in [0, 0.05) is 25.5 Å². The lowest BCUT2D eigenvalue weighted by Crippen LogP contribution is -2.36. The van der Waals surface area contributed by atoms with Gasteiger partial charge in [0.1, 0.15) is 11.6 Å². The Hall–Kier alpha value is -2.90. The van der Waals surface area contributed by atoms with E-state index in [-0.39, 0.29) is 16.9 Å². The van der Waals surface area contributed by atoms with E-state index in [9.17, 15) is 26.4 Å². The van der Waals surface area contributed by atoms with Crippen LogP contribution in [0.15, 0.2) is 41.3 Å². The normalized spacial score (nSPS) is 17.1. The molecule has 2 aromatic rings.